The first-order chi connectivity index (χ1) is 9.76. The Bertz CT molecular complexity index is 586. The molecule has 1 aliphatic rings. The predicted molar refractivity (Wildman–Crippen MR) is 79.8 cm³/mol. The number of anilines is 1. The smallest absolute Gasteiger partial charge is 0.132 e. The van der Waals surface area contributed by atoms with Gasteiger partial charge < -0.3 is 9.64 Å². The monoisotopic (exact) mass is 269 g/mol. The number of nitrogens with zero attached hydrogens (tertiary/aromatic N) is 3. The minimum absolute atomic E-state index is 0.311. The van der Waals surface area contributed by atoms with Crippen molar-refractivity contribution in [2.45, 2.75) is 19.4 Å². The van der Waals surface area contributed by atoms with Gasteiger partial charge in [-0.15, -0.1) is 0 Å². The molecule has 1 saturated heterocycles. The van der Waals surface area contributed by atoms with E-state index in [-0.39, 0.29) is 0 Å². The van der Waals surface area contributed by atoms with Crippen LogP contribution in [-0.2, 0) is 4.74 Å². The van der Waals surface area contributed by atoms with Crippen molar-refractivity contribution in [3.8, 4) is 11.3 Å². The molecule has 1 fully saturated rings. The van der Waals surface area contributed by atoms with Crippen LogP contribution in [0.2, 0.25) is 0 Å². The van der Waals surface area contributed by atoms with Crippen LogP contribution in [0, 0.1) is 6.92 Å². The average Bonchev–Trinajstić information content (AvgIpc) is 2.96. The Morgan fingerprint density at radius 1 is 1.20 bits per heavy atom. The van der Waals surface area contributed by atoms with Gasteiger partial charge in [-0.25, -0.2) is 9.97 Å². The van der Waals surface area contributed by atoms with Gasteiger partial charge in [0.1, 0.15) is 11.6 Å². The van der Waals surface area contributed by atoms with Crippen LogP contribution in [0.5, 0.6) is 0 Å². The van der Waals surface area contributed by atoms with Crippen molar-refractivity contribution in [2.75, 3.05) is 25.1 Å². The van der Waals surface area contributed by atoms with Gasteiger partial charge in [-0.05, 0) is 13.3 Å². The molecule has 0 aliphatic carbocycles. The summed E-state index contributed by atoms with van der Waals surface area (Å²) in [5, 5.41) is 0. The molecule has 3 rings (SSSR count). The van der Waals surface area contributed by atoms with Crippen LogP contribution in [-0.4, -0.2) is 36.3 Å². The molecule has 0 bridgehead atoms. The maximum atomic E-state index is 5.42. The van der Waals surface area contributed by atoms with E-state index in [0.29, 0.717) is 6.10 Å². The normalized spacial score (nSPS) is 18.5. The quantitative estimate of drug-likeness (QED) is 0.858. The van der Waals surface area contributed by atoms with Gasteiger partial charge in [0.15, 0.2) is 0 Å². The average molecular weight is 269 g/mol. The highest BCUT2D eigenvalue weighted by atomic mass is 16.5. The van der Waals surface area contributed by atoms with Crippen molar-refractivity contribution in [2.24, 2.45) is 0 Å². The lowest BCUT2D eigenvalue weighted by molar-refractivity contribution is 0.121. The number of aryl methyl sites for hydroxylation is 1. The fourth-order valence-electron chi connectivity index (χ4n) is 2.60. The lowest BCUT2D eigenvalue weighted by atomic mass is 10.1. The number of methoxy groups -OCH3 is 1. The van der Waals surface area contributed by atoms with Crippen molar-refractivity contribution < 1.29 is 4.74 Å². The van der Waals surface area contributed by atoms with Crippen molar-refractivity contribution in [1.82, 2.24) is 9.97 Å². The topological polar surface area (TPSA) is 38.2 Å². The van der Waals surface area contributed by atoms with E-state index in [0.717, 1.165) is 42.4 Å². The Morgan fingerprint density at radius 2 is 2.00 bits per heavy atom. The number of aromatic nitrogens is 2. The summed E-state index contributed by atoms with van der Waals surface area (Å²) in [6.07, 6.45) is 1.37. The summed E-state index contributed by atoms with van der Waals surface area (Å²) in [6.45, 7) is 3.84. The zero-order valence-electron chi connectivity index (χ0n) is 11.9. The van der Waals surface area contributed by atoms with E-state index < -0.39 is 0 Å². The number of ether oxygens (including phenoxy) is 1. The van der Waals surface area contributed by atoms with E-state index >= 15 is 0 Å². The highest BCUT2D eigenvalue weighted by Gasteiger charge is 2.23. The second-order valence-electron chi connectivity index (χ2n) is 5.12. The molecule has 1 aliphatic heterocycles. The fourth-order valence-corrected chi connectivity index (χ4v) is 2.60. The van der Waals surface area contributed by atoms with Gasteiger partial charge in [-0.2, -0.15) is 0 Å². The third-order valence-corrected chi connectivity index (χ3v) is 3.70. The van der Waals surface area contributed by atoms with E-state index in [1.165, 1.54) is 0 Å². The third kappa shape index (κ3) is 2.65. The zero-order valence-corrected chi connectivity index (χ0v) is 11.9. The molecular formula is C16H19N3O. The highest BCUT2D eigenvalue weighted by molar-refractivity contribution is 5.63. The second kappa shape index (κ2) is 5.59. The molecule has 1 aromatic heterocycles. The molecule has 0 saturated carbocycles. The van der Waals surface area contributed by atoms with Crippen molar-refractivity contribution in [1.29, 1.82) is 0 Å². The second-order valence-corrected chi connectivity index (χ2v) is 5.12. The van der Waals surface area contributed by atoms with Gasteiger partial charge >= 0.3 is 0 Å². The van der Waals surface area contributed by atoms with Gasteiger partial charge in [0.2, 0.25) is 0 Å². The zero-order chi connectivity index (χ0) is 13.9. The largest absolute Gasteiger partial charge is 0.380 e. The summed E-state index contributed by atoms with van der Waals surface area (Å²) >= 11 is 0. The number of hydrogen-bond donors (Lipinski definition) is 0. The molecule has 20 heavy (non-hydrogen) atoms. The fraction of sp³-hybridized carbons (Fsp3) is 0.375. The van der Waals surface area contributed by atoms with E-state index in [4.69, 9.17) is 4.74 Å². The van der Waals surface area contributed by atoms with Gasteiger partial charge in [0, 0.05) is 31.8 Å². The van der Waals surface area contributed by atoms with Crippen LogP contribution in [0.15, 0.2) is 36.4 Å². The maximum absolute atomic E-state index is 5.42. The van der Waals surface area contributed by atoms with Gasteiger partial charge in [0.05, 0.1) is 11.8 Å². The van der Waals surface area contributed by atoms with E-state index in [1.807, 2.05) is 25.1 Å². The molecule has 1 atom stereocenters. The van der Waals surface area contributed by atoms with Crippen molar-refractivity contribution >= 4 is 5.82 Å². The number of hydrogen-bond acceptors (Lipinski definition) is 4. The summed E-state index contributed by atoms with van der Waals surface area (Å²) < 4.78 is 5.42. The van der Waals surface area contributed by atoms with Crippen LogP contribution in [0.1, 0.15) is 12.2 Å². The van der Waals surface area contributed by atoms with E-state index in [9.17, 15) is 0 Å². The third-order valence-electron chi connectivity index (χ3n) is 3.70. The standard InChI is InChI=1S/C16H19N3O/c1-12-17-15(13-6-4-3-5-7-13)10-16(18-12)19-9-8-14(11-19)20-2/h3-7,10,14H,8-9,11H2,1-2H3. The molecule has 0 spiro atoms. The molecule has 2 heterocycles. The first kappa shape index (κ1) is 13.1. The molecule has 1 unspecified atom stereocenters. The van der Waals surface area contributed by atoms with Crippen LogP contribution in [0.3, 0.4) is 0 Å². The summed E-state index contributed by atoms with van der Waals surface area (Å²) in [5.41, 5.74) is 2.11. The summed E-state index contributed by atoms with van der Waals surface area (Å²) in [6, 6.07) is 12.3. The minimum Gasteiger partial charge on any atom is -0.380 e. The minimum atomic E-state index is 0.311. The van der Waals surface area contributed by atoms with Crippen LogP contribution >= 0.6 is 0 Å². The summed E-state index contributed by atoms with van der Waals surface area (Å²) in [7, 11) is 1.77. The molecule has 0 amide bonds. The summed E-state index contributed by atoms with van der Waals surface area (Å²) in [5.74, 6) is 1.80. The number of benzene rings is 1. The number of rotatable bonds is 3. The first-order valence-electron chi connectivity index (χ1n) is 6.95. The lowest BCUT2D eigenvalue weighted by Gasteiger charge is -2.18. The predicted octanol–water partition coefficient (Wildman–Crippen LogP) is 2.68. The molecule has 1 aromatic carbocycles. The maximum Gasteiger partial charge on any atom is 0.132 e. The van der Waals surface area contributed by atoms with E-state index in [2.05, 4.69) is 33.1 Å². The Hall–Kier alpha value is -1.94. The van der Waals surface area contributed by atoms with Gasteiger partial charge in [-0.1, -0.05) is 30.3 Å². The Kier molecular flexibility index (Phi) is 3.65. The Morgan fingerprint density at radius 3 is 2.70 bits per heavy atom. The van der Waals surface area contributed by atoms with Crippen LogP contribution in [0.4, 0.5) is 5.82 Å². The van der Waals surface area contributed by atoms with Crippen molar-refractivity contribution in [3.63, 3.8) is 0 Å². The molecular weight excluding hydrogens is 250 g/mol. The van der Waals surface area contributed by atoms with Crippen LogP contribution < -0.4 is 4.90 Å². The van der Waals surface area contributed by atoms with E-state index in [1.54, 1.807) is 7.11 Å². The molecule has 2 aromatic rings. The SMILES string of the molecule is COC1CCN(c2cc(-c3ccccc3)nc(C)n2)C1. The Balaban J connectivity index is 1.92. The highest BCUT2D eigenvalue weighted by Crippen LogP contribution is 2.24. The molecule has 0 radical (unpaired) electrons. The molecule has 0 N–H and O–H groups in total. The van der Waals surface area contributed by atoms with Crippen LogP contribution in [0.25, 0.3) is 11.3 Å². The van der Waals surface area contributed by atoms with Crippen molar-refractivity contribution in [3.05, 3.63) is 42.2 Å². The summed E-state index contributed by atoms with van der Waals surface area (Å²) in [4.78, 5) is 11.4. The van der Waals surface area contributed by atoms with Gasteiger partial charge in [-0.3, -0.25) is 0 Å². The molecule has 4 nitrogen and oxygen atoms in total. The van der Waals surface area contributed by atoms with Gasteiger partial charge in [0.25, 0.3) is 0 Å². The lowest BCUT2D eigenvalue weighted by Crippen LogP contribution is -2.23. The first-order valence-corrected chi connectivity index (χ1v) is 6.95. The molecule has 4 heteroatoms. The Labute approximate surface area is 119 Å². The molecule has 104 valence electrons.